The zero-order chi connectivity index (χ0) is 11.1. The first-order valence-electron chi connectivity index (χ1n) is 4.97. The average Bonchev–Trinajstić information content (AvgIpc) is 2.60. The van der Waals surface area contributed by atoms with Crippen LogP contribution in [0.1, 0.15) is 30.3 Å². The molecule has 0 spiro atoms. The van der Waals surface area contributed by atoms with Crippen LogP contribution in [0.5, 0.6) is 0 Å². The molecule has 0 saturated heterocycles. The van der Waals surface area contributed by atoms with Crippen LogP contribution in [0.2, 0.25) is 0 Å². The quantitative estimate of drug-likeness (QED) is 0.722. The van der Waals surface area contributed by atoms with Gasteiger partial charge in [0.05, 0.1) is 0 Å². The molecule has 15 heavy (non-hydrogen) atoms. The van der Waals surface area contributed by atoms with E-state index in [2.05, 4.69) is 5.10 Å². The number of Topliss-reactive ketones (excluding diaryl/α,β-unsaturated/α-hetero) is 1. The predicted molar refractivity (Wildman–Crippen MR) is 49.9 cm³/mol. The monoisotopic (exact) mass is 214 g/mol. The molecule has 0 amide bonds. The fraction of sp³-hybridized carbons (Fsp3) is 0.600. The Labute approximate surface area is 86.1 Å². The molecule has 1 aliphatic carbocycles. The average molecular weight is 214 g/mol. The van der Waals surface area contributed by atoms with Crippen LogP contribution in [0, 0.1) is 5.92 Å². The number of rotatable bonds is 3. The van der Waals surface area contributed by atoms with E-state index in [4.69, 9.17) is 0 Å². The summed E-state index contributed by atoms with van der Waals surface area (Å²) in [5.41, 5.74) is 0.443. The zero-order valence-corrected chi connectivity index (χ0v) is 8.41. The number of alkyl halides is 2. The first-order valence-corrected chi connectivity index (χ1v) is 4.97. The summed E-state index contributed by atoms with van der Waals surface area (Å²) in [7, 11) is 0. The lowest BCUT2D eigenvalue weighted by molar-refractivity contribution is -0.0983. The van der Waals surface area contributed by atoms with E-state index in [1.807, 2.05) is 6.92 Å². The SMILES string of the molecule is CCn1nccc1C(=O)C1CC(F)(F)C1. The molecule has 0 aromatic carbocycles. The second kappa shape index (κ2) is 3.40. The highest BCUT2D eigenvalue weighted by Crippen LogP contribution is 2.43. The Morgan fingerprint density at radius 1 is 1.67 bits per heavy atom. The summed E-state index contributed by atoms with van der Waals surface area (Å²) in [5, 5.41) is 3.94. The number of carbonyl (C=O) groups is 1. The molecular weight excluding hydrogens is 202 g/mol. The summed E-state index contributed by atoms with van der Waals surface area (Å²) < 4.78 is 26.7. The largest absolute Gasteiger partial charge is 0.292 e. The van der Waals surface area contributed by atoms with E-state index in [0.717, 1.165) is 0 Å². The van der Waals surface area contributed by atoms with Gasteiger partial charge in [-0.1, -0.05) is 0 Å². The minimum absolute atomic E-state index is 0.208. The van der Waals surface area contributed by atoms with Crippen molar-refractivity contribution in [3.63, 3.8) is 0 Å². The Kier molecular flexibility index (Phi) is 2.32. The molecule has 0 atom stereocenters. The van der Waals surface area contributed by atoms with Gasteiger partial charge in [-0.2, -0.15) is 5.10 Å². The standard InChI is InChI=1S/C10H12F2N2O/c1-2-14-8(3-4-13-14)9(15)7-5-10(11,12)6-7/h3-4,7H,2,5-6H2,1H3. The van der Waals surface area contributed by atoms with Gasteiger partial charge >= 0.3 is 0 Å². The maximum atomic E-state index is 12.6. The minimum atomic E-state index is -2.64. The van der Waals surface area contributed by atoms with Crippen LogP contribution in [0.4, 0.5) is 8.78 Å². The van der Waals surface area contributed by atoms with Gasteiger partial charge in [0, 0.05) is 31.5 Å². The van der Waals surface area contributed by atoms with Gasteiger partial charge in [-0.15, -0.1) is 0 Å². The molecule has 1 aliphatic rings. The molecule has 0 aliphatic heterocycles. The molecule has 1 heterocycles. The fourth-order valence-electron chi connectivity index (χ4n) is 1.85. The molecule has 1 aromatic heterocycles. The molecule has 1 fully saturated rings. The molecule has 5 heteroatoms. The van der Waals surface area contributed by atoms with Crippen molar-refractivity contribution in [3.05, 3.63) is 18.0 Å². The van der Waals surface area contributed by atoms with Gasteiger partial charge in [0.25, 0.3) is 0 Å². The Morgan fingerprint density at radius 2 is 2.33 bits per heavy atom. The van der Waals surface area contributed by atoms with Gasteiger partial charge in [0.2, 0.25) is 5.92 Å². The number of hydrogen-bond acceptors (Lipinski definition) is 2. The zero-order valence-electron chi connectivity index (χ0n) is 8.41. The van der Waals surface area contributed by atoms with Gasteiger partial charge < -0.3 is 0 Å². The molecule has 0 unspecified atom stereocenters. The Bertz CT molecular complexity index is 379. The summed E-state index contributed by atoms with van der Waals surface area (Å²) in [5.74, 6) is -3.38. The topological polar surface area (TPSA) is 34.9 Å². The van der Waals surface area contributed by atoms with Gasteiger partial charge in [-0.05, 0) is 13.0 Å². The number of halogens is 2. The number of nitrogens with zero attached hydrogens (tertiary/aromatic N) is 2. The molecule has 0 bridgehead atoms. The van der Waals surface area contributed by atoms with Crippen molar-refractivity contribution in [2.24, 2.45) is 5.92 Å². The van der Waals surface area contributed by atoms with Gasteiger partial charge in [-0.3, -0.25) is 9.48 Å². The van der Waals surface area contributed by atoms with Gasteiger partial charge in [0.1, 0.15) is 5.69 Å². The van der Waals surface area contributed by atoms with Crippen LogP contribution in [-0.4, -0.2) is 21.5 Å². The van der Waals surface area contributed by atoms with Gasteiger partial charge in [-0.25, -0.2) is 8.78 Å². The highest BCUT2D eigenvalue weighted by atomic mass is 19.3. The minimum Gasteiger partial charge on any atom is -0.292 e. The predicted octanol–water partition coefficient (Wildman–Crippen LogP) is 2.13. The summed E-state index contributed by atoms with van der Waals surface area (Å²) in [6, 6.07) is 1.59. The summed E-state index contributed by atoms with van der Waals surface area (Å²) in [4.78, 5) is 11.8. The maximum absolute atomic E-state index is 12.6. The Balaban J connectivity index is 2.10. The van der Waals surface area contributed by atoms with E-state index in [1.165, 1.54) is 6.20 Å². The third-order valence-electron chi connectivity index (χ3n) is 2.73. The fourth-order valence-corrected chi connectivity index (χ4v) is 1.85. The third-order valence-corrected chi connectivity index (χ3v) is 2.73. The molecule has 3 nitrogen and oxygen atoms in total. The molecule has 2 rings (SSSR count). The normalized spacial score (nSPS) is 19.9. The molecule has 1 saturated carbocycles. The summed E-state index contributed by atoms with van der Waals surface area (Å²) in [6.07, 6.45) is 0.884. The second-order valence-electron chi connectivity index (χ2n) is 3.86. The van der Waals surface area contributed by atoms with Crippen molar-refractivity contribution in [2.45, 2.75) is 32.2 Å². The lowest BCUT2D eigenvalue weighted by atomic mass is 9.77. The van der Waals surface area contributed by atoms with Crippen molar-refractivity contribution in [3.8, 4) is 0 Å². The number of hydrogen-bond donors (Lipinski definition) is 0. The number of aromatic nitrogens is 2. The first-order chi connectivity index (χ1) is 7.03. The van der Waals surface area contributed by atoms with Crippen molar-refractivity contribution in [2.75, 3.05) is 0 Å². The lowest BCUT2D eigenvalue weighted by Crippen LogP contribution is -2.40. The number of carbonyl (C=O) groups excluding carboxylic acids is 1. The summed E-state index contributed by atoms with van der Waals surface area (Å²) in [6.45, 7) is 2.44. The van der Waals surface area contributed by atoms with Crippen LogP contribution >= 0.6 is 0 Å². The van der Waals surface area contributed by atoms with E-state index >= 15 is 0 Å². The Morgan fingerprint density at radius 3 is 2.87 bits per heavy atom. The van der Waals surface area contributed by atoms with Crippen LogP contribution in [0.25, 0.3) is 0 Å². The maximum Gasteiger partial charge on any atom is 0.249 e. The second-order valence-corrected chi connectivity index (χ2v) is 3.86. The van der Waals surface area contributed by atoms with E-state index in [9.17, 15) is 13.6 Å². The van der Waals surface area contributed by atoms with Crippen molar-refractivity contribution >= 4 is 5.78 Å². The van der Waals surface area contributed by atoms with Gasteiger partial charge in [0.15, 0.2) is 5.78 Å². The molecule has 82 valence electrons. The van der Waals surface area contributed by atoms with E-state index in [1.54, 1.807) is 10.7 Å². The first kappa shape index (κ1) is 10.3. The molecule has 0 N–H and O–H groups in total. The molecule has 1 aromatic rings. The van der Waals surface area contributed by atoms with Crippen LogP contribution in [0.15, 0.2) is 12.3 Å². The highest BCUT2D eigenvalue weighted by Gasteiger charge is 2.49. The highest BCUT2D eigenvalue weighted by molar-refractivity contribution is 5.97. The third kappa shape index (κ3) is 1.78. The van der Waals surface area contributed by atoms with Crippen molar-refractivity contribution in [1.29, 1.82) is 0 Å². The lowest BCUT2D eigenvalue weighted by Gasteiger charge is -2.33. The van der Waals surface area contributed by atoms with Crippen LogP contribution in [-0.2, 0) is 6.54 Å². The van der Waals surface area contributed by atoms with Crippen LogP contribution < -0.4 is 0 Å². The number of aryl methyl sites for hydroxylation is 1. The van der Waals surface area contributed by atoms with E-state index in [-0.39, 0.29) is 18.6 Å². The smallest absolute Gasteiger partial charge is 0.249 e. The Hall–Kier alpha value is -1.26. The van der Waals surface area contributed by atoms with Crippen molar-refractivity contribution < 1.29 is 13.6 Å². The molecular formula is C10H12F2N2O. The van der Waals surface area contributed by atoms with Crippen LogP contribution in [0.3, 0.4) is 0 Å². The van der Waals surface area contributed by atoms with Crippen molar-refractivity contribution in [1.82, 2.24) is 9.78 Å². The number of ketones is 1. The molecule has 0 radical (unpaired) electrons. The van der Waals surface area contributed by atoms with E-state index in [0.29, 0.717) is 12.2 Å². The summed E-state index contributed by atoms with van der Waals surface area (Å²) >= 11 is 0. The van der Waals surface area contributed by atoms with E-state index < -0.39 is 11.8 Å².